The first kappa shape index (κ1) is 28.2. The minimum Gasteiger partial charge on any atom is -0.490 e. The minimum absolute atomic E-state index is 0.0444. The highest BCUT2D eigenvalue weighted by molar-refractivity contribution is 7.89. The van der Waals surface area contributed by atoms with Crippen LogP contribution in [0.2, 0.25) is 0 Å². The van der Waals surface area contributed by atoms with Crippen LogP contribution in [0.5, 0.6) is 5.75 Å². The van der Waals surface area contributed by atoms with Crippen molar-refractivity contribution in [2.45, 2.75) is 71.7 Å². The number of fused-ring (bicyclic) bond motifs is 1. The van der Waals surface area contributed by atoms with Crippen LogP contribution in [0.15, 0.2) is 30.3 Å². The van der Waals surface area contributed by atoms with E-state index in [0.29, 0.717) is 17.8 Å². The molecule has 1 aliphatic rings. The van der Waals surface area contributed by atoms with Gasteiger partial charge in [-0.3, -0.25) is 9.52 Å². The SMILES string of the molecule is CC(C)(C)C1CCC(Oc2ccc3cc(CNCCC(=O)NS(C)(=O)=O)ccc3c2C(F)(F)F)CC1. The molecule has 2 N–H and O–H groups in total. The fourth-order valence-corrected chi connectivity index (χ4v) is 5.29. The number of amides is 1. The first-order chi connectivity index (χ1) is 16.6. The fourth-order valence-electron chi connectivity index (χ4n) is 4.78. The molecule has 0 heterocycles. The van der Waals surface area contributed by atoms with Gasteiger partial charge in [-0.2, -0.15) is 13.2 Å². The Hall–Kier alpha value is -2.33. The summed E-state index contributed by atoms with van der Waals surface area (Å²) in [4.78, 5) is 11.6. The zero-order valence-corrected chi connectivity index (χ0v) is 22.0. The molecule has 2 aromatic rings. The van der Waals surface area contributed by atoms with E-state index in [-0.39, 0.29) is 35.6 Å². The molecular weight excluding hydrogens is 493 g/mol. The van der Waals surface area contributed by atoms with Gasteiger partial charge in [0.05, 0.1) is 12.4 Å². The lowest BCUT2D eigenvalue weighted by molar-refractivity contribution is -0.138. The molecule has 3 rings (SSSR count). The van der Waals surface area contributed by atoms with Gasteiger partial charge < -0.3 is 10.1 Å². The molecule has 0 spiro atoms. The predicted octanol–water partition coefficient (Wildman–Crippen LogP) is 5.40. The average Bonchev–Trinajstić information content (AvgIpc) is 2.74. The maximum atomic E-state index is 14.1. The Bertz CT molecular complexity index is 1180. The second kappa shape index (κ2) is 11.0. The van der Waals surface area contributed by atoms with Gasteiger partial charge in [0.15, 0.2) is 0 Å². The second-order valence-electron chi connectivity index (χ2n) is 10.7. The van der Waals surface area contributed by atoms with E-state index < -0.39 is 27.7 Å². The maximum Gasteiger partial charge on any atom is 0.420 e. The van der Waals surface area contributed by atoms with Gasteiger partial charge in [-0.25, -0.2) is 8.42 Å². The van der Waals surface area contributed by atoms with Crippen molar-refractivity contribution in [3.63, 3.8) is 0 Å². The molecule has 0 bridgehead atoms. The molecule has 0 atom stereocenters. The third kappa shape index (κ3) is 7.83. The lowest BCUT2D eigenvalue weighted by Crippen LogP contribution is -2.31. The van der Waals surface area contributed by atoms with Crippen molar-refractivity contribution in [2.24, 2.45) is 11.3 Å². The Morgan fingerprint density at radius 1 is 1.06 bits per heavy atom. The third-order valence-electron chi connectivity index (χ3n) is 6.68. The second-order valence-corrected chi connectivity index (χ2v) is 12.4. The standard InChI is InChI=1S/C26H35F3N2O4S/c1-25(2,3)19-7-9-20(10-8-19)35-22-12-6-18-15-17(5-11-21(18)24(22)26(27,28)29)16-30-14-13-23(32)31-36(4,33)34/h5-6,11-12,15,19-20,30H,7-10,13-14,16H2,1-4H3,(H,31,32). The van der Waals surface area contributed by atoms with Crippen LogP contribution >= 0.6 is 0 Å². The van der Waals surface area contributed by atoms with Gasteiger partial charge in [0.2, 0.25) is 15.9 Å². The van der Waals surface area contributed by atoms with Crippen LogP contribution in [0.25, 0.3) is 10.8 Å². The van der Waals surface area contributed by atoms with Gasteiger partial charge in [0.1, 0.15) is 11.3 Å². The smallest absolute Gasteiger partial charge is 0.420 e. The number of nitrogens with one attached hydrogen (secondary N) is 2. The Balaban J connectivity index is 1.70. The lowest BCUT2D eigenvalue weighted by atomic mass is 9.72. The van der Waals surface area contributed by atoms with E-state index in [4.69, 9.17) is 4.74 Å². The molecular formula is C26H35F3N2O4S. The van der Waals surface area contributed by atoms with Crippen molar-refractivity contribution in [3.05, 3.63) is 41.5 Å². The number of halogens is 3. The summed E-state index contributed by atoms with van der Waals surface area (Å²) in [5.41, 5.74) is 0.170. The highest BCUT2D eigenvalue weighted by Gasteiger charge is 2.38. The lowest BCUT2D eigenvalue weighted by Gasteiger charge is -2.37. The van der Waals surface area contributed by atoms with Crippen molar-refractivity contribution in [3.8, 4) is 5.75 Å². The molecule has 1 aliphatic carbocycles. The van der Waals surface area contributed by atoms with Gasteiger partial charge >= 0.3 is 6.18 Å². The summed E-state index contributed by atoms with van der Waals surface area (Å²) in [5.74, 6) is -0.216. The minimum atomic E-state index is -4.57. The Kier molecular flexibility index (Phi) is 8.60. The number of sulfonamides is 1. The number of hydrogen-bond donors (Lipinski definition) is 2. The van der Waals surface area contributed by atoms with E-state index in [1.165, 1.54) is 12.1 Å². The van der Waals surface area contributed by atoms with Gasteiger partial charge in [-0.1, -0.05) is 39.0 Å². The van der Waals surface area contributed by atoms with E-state index in [0.717, 1.165) is 37.5 Å². The van der Waals surface area contributed by atoms with Gasteiger partial charge in [0, 0.05) is 19.5 Å². The fraction of sp³-hybridized carbons (Fsp3) is 0.577. The monoisotopic (exact) mass is 528 g/mol. The van der Waals surface area contributed by atoms with E-state index >= 15 is 0 Å². The first-order valence-electron chi connectivity index (χ1n) is 12.1. The number of ether oxygens (including phenoxy) is 1. The number of hydrogen-bond acceptors (Lipinski definition) is 5. The summed E-state index contributed by atoms with van der Waals surface area (Å²) < 4.78 is 72.3. The molecule has 0 radical (unpaired) electrons. The van der Waals surface area contributed by atoms with Crippen molar-refractivity contribution in [1.82, 2.24) is 10.0 Å². The van der Waals surface area contributed by atoms with Gasteiger partial charge in [-0.05, 0) is 65.5 Å². The quantitative estimate of drug-likeness (QED) is 0.449. The van der Waals surface area contributed by atoms with Gasteiger partial charge in [0.25, 0.3) is 0 Å². The topological polar surface area (TPSA) is 84.5 Å². The normalized spacial score (nSPS) is 19.3. The van der Waals surface area contributed by atoms with Crippen LogP contribution in [0, 0.1) is 11.3 Å². The maximum absolute atomic E-state index is 14.1. The van der Waals surface area contributed by atoms with E-state index in [2.05, 4.69) is 26.1 Å². The van der Waals surface area contributed by atoms with Crippen LogP contribution in [-0.4, -0.2) is 33.2 Å². The molecule has 0 aliphatic heterocycles. The van der Waals surface area contributed by atoms with Crippen molar-refractivity contribution < 1.29 is 31.1 Å². The van der Waals surface area contributed by atoms with E-state index in [1.54, 1.807) is 18.2 Å². The number of alkyl halides is 3. The summed E-state index contributed by atoms with van der Waals surface area (Å²) in [7, 11) is -3.60. The summed E-state index contributed by atoms with van der Waals surface area (Å²) in [6.45, 7) is 7.13. The summed E-state index contributed by atoms with van der Waals surface area (Å²) in [5, 5.41) is 3.53. The van der Waals surface area contributed by atoms with Crippen LogP contribution in [0.4, 0.5) is 13.2 Å². The van der Waals surface area contributed by atoms with Gasteiger partial charge in [-0.15, -0.1) is 0 Å². The van der Waals surface area contributed by atoms with Crippen molar-refractivity contribution in [1.29, 1.82) is 0 Å². The first-order valence-corrected chi connectivity index (χ1v) is 14.0. The molecule has 0 saturated heterocycles. The number of benzene rings is 2. The molecule has 1 fully saturated rings. The summed E-state index contributed by atoms with van der Waals surface area (Å²) in [6, 6.07) is 7.79. The van der Waals surface area contributed by atoms with E-state index in [1.807, 2.05) is 4.72 Å². The number of carbonyl (C=O) groups is 1. The molecule has 2 aromatic carbocycles. The Morgan fingerprint density at radius 2 is 1.72 bits per heavy atom. The highest BCUT2D eigenvalue weighted by Crippen LogP contribution is 2.44. The predicted molar refractivity (Wildman–Crippen MR) is 134 cm³/mol. The summed E-state index contributed by atoms with van der Waals surface area (Å²) in [6.07, 6.45) is -0.581. The van der Waals surface area contributed by atoms with Crippen LogP contribution in [0.3, 0.4) is 0 Å². The third-order valence-corrected chi connectivity index (χ3v) is 7.28. The Labute approximate surface area is 211 Å². The molecule has 6 nitrogen and oxygen atoms in total. The molecule has 200 valence electrons. The highest BCUT2D eigenvalue weighted by atomic mass is 32.2. The molecule has 36 heavy (non-hydrogen) atoms. The molecule has 1 saturated carbocycles. The average molecular weight is 529 g/mol. The van der Waals surface area contributed by atoms with Crippen LogP contribution in [0.1, 0.15) is 64.0 Å². The Morgan fingerprint density at radius 3 is 2.31 bits per heavy atom. The van der Waals surface area contributed by atoms with Crippen molar-refractivity contribution >= 4 is 26.7 Å². The molecule has 0 aromatic heterocycles. The molecule has 0 unspecified atom stereocenters. The van der Waals surface area contributed by atoms with Crippen LogP contribution < -0.4 is 14.8 Å². The number of rotatable bonds is 8. The molecule has 1 amide bonds. The zero-order valence-electron chi connectivity index (χ0n) is 21.2. The zero-order chi connectivity index (χ0) is 26.7. The summed E-state index contributed by atoms with van der Waals surface area (Å²) >= 11 is 0. The van der Waals surface area contributed by atoms with Crippen LogP contribution in [-0.2, 0) is 27.5 Å². The van der Waals surface area contributed by atoms with E-state index in [9.17, 15) is 26.4 Å². The largest absolute Gasteiger partial charge is 0.490 e. The molecule has 10 heteroatoms. The number of carbonyl (C=O) groups excluding carboxylic acids is 1. The van der Waals surface area contributed by atoms with Crippen molar-refractivity contribution in [2.75, 3.05) is 12.8 Å².